The maximum absolute atomic E-state index is 12.6. The Kier molecular flexibility index (Phi) is 6.29. The zero-order valence-electron chi connectivity index (χ0n) is 15.3. The first-order valence-electron chi connectivity index (χ1n) is 9.16. The number of amides is 1. The molecule has 1 aromatic rings. The number of hydrogen-bond donors (Lipinski definition) is 0. The summed E-state index contributed by atoms with van der Waals surface area (Å²) in [4.78, 5) is 16.8. The number of benzene rings is 1. The Morgan fingerprint density at radius 2 is 1.62 bits per heavy atom. The first-order chi connectivity index (χ1) is 12.5. The lowest BCUT2D eigenvalue weighted by molar-refractivity contribution is 0.0643. The van der Waals surface area contributed by atoms with Crippen molar-refractivity contribution in [2.24, 2.45) is 0 Å². The normalized spacial score (nSPS) is 20.3. The van der Waals surface area contributed by atoms with Crippen LogP contribution in [0.2, 0.25) is 0 Å². The summed E-state index contributed by atoms with van der Waals surface area (Å²) in [6.45, 7) is 8.10. The van der Waals surface area contributed by atoms with Gasteiger partial charge in [-0.3, -0.25) is 4.79 Å². The standard InChI is InChI=1S/C18H27N3O4S/c1-2-19-7-9-20(10-8-19)18(22)17-5-3-16(4-6-17)15-26(23,24)21-11-13-25-14-12-21/h3-6H,2,7-15H2,1H3. The number of hydrogen-bond acceptors (Lipinski definition) is 5. The number of likely N-dealkylation sites (N-methyl/N-ethyl adjacent to an activating group) is 1. The van der Waals surface area contributed by atoms with Crippen LogP contribution >= 0.6 is 0 Å². The molecule has 0 radical (unpaired) electrons. The highest BCUT2D eigenvalue weighted by Gasteiger charge is 2.25. The number of rotatable bonds is 5. The van der Waals surface area contributed by atoms with Crippen molar-refractivity contribution in [1.29, 1.82) is 0 Å². The van der Waals surface area contributed by atoms with Crippen molar-refractivity contribution in [2.45, 2.75) is 12.7 Å². The highest BCUT2D eigenvalue weighted by molar-refractivity contribution is 7.88. The second kappa shape index (κ2) is 8.47. The molecule has 0 aliphatic carbocycles. The SMILES string of the molecule is CCN1CCN(C(=O)c2ccc(CS(=O)(=O)N3CCOCC3)cc2)CC1. The van der Waals surface area contributed by atoms with Crippen molar-refractivity contribution in [3.8, 4) is 0 Å². The van der Waals surface area contributed by atoms with Crippen LogP contribution in [0.1, 0.15) is 22.8 Å². The van der Waals surface area contributed by atoms with E-state index in [0.29, 0.717) is 37.4 Å². The predicted octanol–water partition coefficient (Wildman–Crippen LogP) is 0.626. The van der Waals surface area contributed by atoms with E-state index < -0.39 is 10.0 Å². The van der Waals surface area contributed by atoms with Crippen molar-refractivity contribution in [1.82, 2.24) is 14.1 Å². The third-order valence-corrected chi connectivity index (χ3v) is 6.87. The van der Waals surface area contributed by atoms with E-state index in [1.807, 2.05) is 4.90 Å². The summed E-state index contributed by atoms with van der Waals surface area (Å²) in [5.41, 5.74) is 1.31. The maximum atomic E-state index is 12.6. The second-order valence-corrected chi connectivity index (χ2v) is 8.66. The minimum absolute atomic E-state index is 0.0170. The minimum atomic E-state index is -3.35. The number of ether oxygens (including phenoxy) is 1. The molecule has 7 nitrogen and oxygen atoms in total. The van der Waals surface area contributed by atoms with Gasteiger partial charge in [0.1, 0.15) is 0 Å². The van der Waals surface area contributed by atoms with Crippen LogP contribution in [-0.4, -0.2) is 87.5 Å². The van der Waals surface area contributed by atoms with Crippen LogP contribution in [0, 0.1) is 0 Å². The molecule has 0 aromatic heterocycles. The molecule has 0 unspecified atom stereocenters. The van der Waals surface area contributed by atoms with Gasteiger partial charge in [0, 0.05) is 44.8 Å². The summed E-state index contributed by atoms with van der Waals surface area (Å²) in [5.74, 6) is -0.0280. The van der Waals surface area contributed by atoms with Crippen LogP contribution in [0.3, 0.4) is 0 Å². The van der Waals surface area contributed by atoms with E-state index in [9.17, 15) is 13.2 Å². The molecule has 3 rings (SSSR count). The number of nitrogens with zero attached hydrogens (tertiary/aromatic N) is 3. The molecule has 0 bridgehead atoms. The molecule has 0 spiro atoms. The molecule has 0 N–H and O–H groups in total. The molecule has 2 saturated heterocycles. The minimum Gasteiger partial charge on any atom is -0.379 e. The number of carbonyl (C=O) groups is 1. The lowest BCUT2D eigenvalue weighted by Crippen LogP contribution is -2.48. The summed E-state index contributed by atoms with van der Waals surface area (Å²) < 4.78 is 31.6. The average molecular weight is 381 g/mol. The van der Waals surface area contributed by atoms with Crippen LogP contribution in [-0.2, 0) is 20.5 Å². The molecule has 1 amide bonds. The lowest BCUT2D eigenvalue weighted by Gasteiger charge is -2.34. The fraction of sp³-hybridized carbons (Fsp3) is 0.611. The zero-order chi connectivity index (χ0) is 18.6. The summed E-state index contributed by atoms with van der Waals surface area (Å²) >= 11 is 0. The Hall–Kier alpha value is -1.48. The number of piperazine rings is 1. The molecule has 0 atom stereocenters. The topological polar surface area (TPSA) is 70.2 Å². The molecule has 2 fully saturated rings. The first-order valence-corrected chi connectivity index (χ1v) is 10.8. The Labute approximate surface area is 155 Å². The largest absolute Gasteiger partial charge is 0.379 e. The molecule has 2 aliphatic heterocycles. The third-order valence-electron chi connectivity index (χ3n) is 5.02. The van der Waals surface area contributed by atoms with E-state index >= 15 is 0 Å². The molecular weight excluding hydrogens is 354 g/mol. The third kappa shape index (κ3) is 4.62. The first kappa shape index (κ1) is 19.3. The van der Waals surface area contributed by atoms with Crippen LogP contribution in [0.5, 0.6) is 0 Å². The molecule has 8 heteroatoms. The quantitative estimate of drug-likeness (QED) is 0.748. The average Bonchev–Trinajstić information content (AvgIpc) is 2.68. The second-order valence-electron chi connectivity index (χ2n) is 6.69. The lowest BCUT2D eigenvalue weighted by atomic mass is 10.1. The number of sulfonamides is 1. The van der Waals surface area contributed by atoms with Gasteiger partial charge in [0.05, 0.1) is 19.0 Å². The molecule has 2 aliphatic rings. The van der Waals surface area contributed by atoms with Gasteiger partial charge in [-0.05, 0) is 24.2 Å². The highest BCUT2D eigenvalue weighted by atomic mass is 32.2. The summed E-state index contributed by atoms with van der Waals surface area (Å²) in [5, 5.41) is 0. The van der Waals surface area contributed by atoms with E-state index in [4.69, 9.17) is 4.74 Å². The van der Waals surface area contributed by atoms with Gasteiger partial charge < -0.3 is 14.5 Å². The van der Waals surface area contributed by atoms with E-state index in [1.54, 1.807) is 24.3 Å². The van der Waals surface area contributed by atoms with Crippen LogP contribution < -0.4 is 0 Å². The van der Waals surface area contributed by atoms with Crippen LogP contribution in [0.4, 0.5) is 0 Å². The van der Waals surface area contributed by atoms with E-state index in [1.165, 1.54) is 4.31 Å². The summed E-state index contributed by atoms with van der Waals surface area (Å²) in [6, 6.07) is 6.96. The van der Waals surface area contributed by atoms with Gasteiger partial charge in [0.15, 0.2) is 0 Å². The van der Waals surface area contributed by atoms with Gasteiger partial charge in [-0.15, -0.1) is 0 Å². The van der Waals surface area contributed by atoms with Gasteiger partial charge in [-0.2, -0.15) is 4.31 Å². The molecular formula is C18H27N3O4S. The Morgan fingerprint density at radius 1 is 1.00 bits per heavy atom. The van der Waals surface area contributed by atoms with Gasteiger partial charge in [0.25, 0.3) is 5.91 Å². The van der Waals surface area contributed by atoms with E-state index in [2.05, 4.69) is 11.8 Å². The van der Waals surface area contributed by atoms with E-state index in [-0.39, 0.29) is 11.7 Å². The molecule has 26 heavy (non-hydrogen) atoms. The van der Waals surface area contributed by atoms with E-state index in [0.717, 1.165) is 32.7 Å². The Bertz CT molecular complexity index is 706. The smallest absolute Gasteiger partial charge is 0.253 e. The fourth-order valence-electron chi connectivity index (χ4n) is 3.32. The molecule has 144 valence electrons. The van der Waals surface area contributed by atoms with Gasteiger partial charge in [-0.1, -0.05) is 19.1 Å². The predicted molar refractivity (Wildman–Crippen MR) is 99.5 cm³/mol. The van der Waals surface area contributed by atoms with Gasteiger partial charge in [0.2, 0.25) is 10.0 Å². The Balaban J connectivity index is 1.60. The highest BCUT2D eigenvalue weighted by Crippen LogP contribution is 2.15. The summed E-state index contributed by atoms with van der Waals surface area (Å²) in [7, 11) is -3.35. The van der Waals surface area contributed by atoms with Crippen molar-refractivity contribution in [2.75, 3.05) is 59.0 Å². The fourth-order valence-corrected chi connectivity index (χ4v) is 4.82. The van der Waals surface area contributed by atoms with Crippen molar-refractivity contribution < 1.29 is 17.9 Å². The number of carbonyl (C=O) groups excluding carboxylic acids is 1. The van der Waals surface area contributed by atoms with Crippen molar-refractivity contribution in [3.63, 3.8) is 0 Å². The van der Waals surface area contributed by atoms with Gasteiger partial charge in [-0.25, -0.2) is 8.42 Å². The Morgan fingerprint density at radius 3 is 2.19 bits per heavy atom. The molecule has 0 saturated carbocycles. The molecule has 1 aromatic carbocycles. The van der Waals surface area contributed by atoms with Gasteiger partial charge >= 0.3 is 0 Å². The zero-order valence-corrected chi connectivity index (χ0v) is 16.1. The molecule has 2 heterocycles. The number of morpholine rings is 1. The van der Waals surface area contributed by atoms with Crippen molar-refractivity contribution >= 4 is 15.9 Å². The maximum Gasteiger partial charge on any atom is 0.253 e. The monoisotopic (exact) mass is 381 g/mol. The van der Waals surface area contributed by atoms with Crippen LogP contribution in [0.15, 0.2) is 24.3 Å². The summed E-state index contributed by atoms with van der Waals surface area (Å²) in [6.07, 6.45) is 0. The van der Waals surface area contributed by atoms with Crippen LogP contribution in [0.25, 0.3) is 0 Å². The van der Waals surface area contributed by atoms with Crippen molar-refractivity contribution in [3.05, 3.63) is 35.4 Å².